The number of rotatable bonds is 3. The van der Waals surface area contributed by atoms with Crippen molar-refractivity contribution in [3.05, 3.63) is 0 Å². The maximum Gasteiger partial charge on any atom is 0.0730 e. The van der Waals surface area contributed by atoms with Gasteiger partial charge in [0, 0.05) is 24.7 Å². The number of hydrogen-bond acceptors (Lipinski definition) is 3. The molecule has 94 valence electrons. The molecule has 3 nitrogen and oxygen atoms in total. The van der Waals surface area contributed by atoms with E-state index < -0.39 is 0 Å². The molecular weight excluding hydrogens is 200 g/mol. The molecule has 0 amide bonds. The summed E-state index contributed by atoms with van der Waals surface area (Å²) in [5, 5.41) is 3.40. The lowest BCUT2D eigenvalue weighted by Crippen LogP contribution is -2.58. The third-order valence-corrected chi connectivity index (χ3v) is 4.12. The van der Waals surface area contributed by atoms with Gasteiger partial charge in [0.2, 0.25) is 0 Å². The van der Waals surface area contributed by atoms with E-state index in [9.17, 15) is 0 Å². The molecule has 2 rings (SSSR count). The summed E-state index contributed by atoms with van der Waals surface area (Å²) in [5.41, 5.74) is 0.208. The van der Waals surface area contributed by atoms with Gasteiger partial charge in [-0.05, 0) is 33.7 Å². The Morgan fingerprint density at radius 1 is 1.31 bits per heavy atom. The summed E-state index contributed by atoms with van der Waals surface area (Å²) in [6, 6.07) is 0.676. The van der Waals surface area contributed by atoms with Crippen molar-refractivity contribution in [3.8, 4) is 0 Å². The topological polar surface area (TPSA) is 24.5 Å². The van der Waals surface area contributed by atoms with Gasteiger partial charge in [0.05, 0.1) is 12.7 Å². The van der Waals surface area contributed by atoms with E-state index in [-0.39, 0.29) is 5.54 Å². The van der Waals surface area contributed by atoms with Crippen LogP contribution in [-0.4, -0.2) is 49.3 Å². The van der Waals surface area contributed by atoms with Gasteiger partial charge in [-0.1, -0.05) is 12.8 Å². The van der Waals surface area contributed by atoms with E-state index in [0.717, 1.165) is 19.7 Å². The molecule has 2 fully saturated rings. The molecule has 1 heterocycles. The van der Waals surface area contributed by atoms with Crippen LogP contribution in [0.2, 0.25) is 0 Å². The average molecular weight is 226 g/mol. The summed E-state index contributed by atoms with van der Waals surface area (Å²) in [4.78, 5) is 2.64. The Bertz CT molecular complexity index is 228. The summed E-state index contributed by atoms with van der Waals surface area (Å²) in [6.07, 6.45) is 5.83. The van der Waals surface area contributed by atoms with Gasteiger partial charge in [0.25, 0.3) is 0 Å². The van der Waals surface area contributed by atoms with Crippen LogP contribution in [0.4, 0.5) is 0 Å². The predicted molar refractivity (Wildman–Crippen MR) is 66.7 cm³/mol. The Labute approximate surface area is 99.5 Å². The van der Waals surface area contributed by atoms with Crippen molar-refractivity contribution in [2.24, 2.45) is 0 Å². The molecular formula is C13H26N2O. The zero-order chi connectivity index (χ0) is 11.6. The van der Waals surface area contributed by atoms with Gasteiger partial charge in [-0.15, -0.1) is 0 Å². The molecule has 0 aromatic heterocycles. The molecule has 0 bridgehead atoms. The van der Waals surface area contributed by atoms with Crippen LogP contribution in [0.1, 0.15) is 39.5 Å². The second-order valence-electron chi connectivity index (χ2n) is 5.87. The van der Waals surface area contributed by atoms with Gasteiger partial charge in [0.1, 0.15) is 0 Å². The highest BCUT2D eigenvalue weighted by Crippen LogP contribution is 2.29. The molecule has 16 heavy (non-hydrogen) atoms. The minimum Gasteiger partial charge on any atom is -0.375 e. The van der Waals surface area contributed by atoms with Gasteiger partial charge in [-0.2, -0.15) is 0 Å². The molecule has 1 N–H and O–H groups in total. The summed E-state index contributed by atoms with van der Waals surface area (Å²) in [5.74, 6) is 0. The highest BCUT2D eigenvalue weighted by Gasteiger charge is 2.36. The number of likely N-dealkylation sites (N-methyl/N-ethyl adjacent to an activating group) is 1. The Morgan fingerprint density at radius 3 is 2.81 bits per heavy atom. The normalized spacial score (nSPS) is 32.4. The highest BCUT2D eigenvalue weighted by molar-refractivity contribution is 4.91. The molecule has 0 spiro atoms. The van der Waals surface area contributed by atoms with Crippen LogP contribution in [-0.2, 0) is 4.74 Å². The molecule has 1 aliphatic heterocycles. The number of ether oxygens (including phenoxy) is 1. The molecule has 2 atom stereocenters. The van der Waals surface area contributed by atoms with E-state index in [1.54, 1.807) is 0 Å². The maximum absolute atomic E-state index is 5.90. The van der Waals surface area contributed by atoms with Crippen LogP contribution in [0.3, 0.4) is 0 Å². The van der Waals surface area contributed by atoms with E-state index in [4.69, 9.17) is 4.74 Å². The Kier molecular flexibility index (Phi) is 3.88. The molecule has 2 aliphatic rings. The molecule has 1 aliphatic carbocycles. The van der Waals surface area contributed by atoms with E-state index in [1.807, 2.05) is 0 Å². The quantitative estimate of drug-likeness (QED) is 0.791. The summed E-state index contributed by atoms with van der Waals surface area (Å²) < 4.78 is 5.90. The first-order chi connectivity index (χ1) is 7.62. The number of fused-ring (bicyclic) bond motifs is 1. The summed E-state index contributed by atoms with van der Waals surface area (Å²) in [7, 11) is 2.05. The Hall–Kier alpha value is -0.120. The summed E-state index contributed by atoms with van der Waals surface area (Å²) >= 11 is 0. The second-order valence-corrected chi connectivity index (χ2v) is 5.87. The fraction of sp³-hybridized carbons (Fsp3) is 1.00. The van der Waals surface area contributed by atoms with Crippen LogP contribution < -0.4 is 5.32 Å². The summed E-state index contributed by atoms with van der Waals surface area (Å²) in [6.45, 7) is 7.71. The van der Waals surface area contributed by atoms with E-state index >= 15 is 0 Å². The molecule has 1 saturated carbocycles. The minimum atomic E-state index is 0.208. The zero-order valence-electron chi connectivity index (χ0n) is 11.0. The van der Waals surface area contributed by atoms with Crippen LogP contribution in [0.25, 0.3) is 0 Å². The van der Waals surface area contributed by atoms with Crippen LogP contribution in [0.5, 0.6) is 0 Å². The first-order valence-electron chi connectivity index (χ1n) is 6.67. The van der Waals surface area contributed by atoms with Crippen molar-refractivity contribution in [2.45, 2.75) is 57.2 Å². The van der Waals surface area contributed by atoms with Crippen molar-refractivity contribution in [3.63, 3.8) is 0 Å². The van der Waals surface area contributed by atoms with Crippen LogP contribution >= 0.6 is 0 Å². The van der Waals surface area contributed by atoms with E-state index in [2.05, 4.69) is 31.1 Å². The van der Waals surface area contributed by atoms with Crippen molar-refractivity contribution in [1.29, 1.82) is 0 Å². The molecule has 3 heteroatoms. The molecule has 0 aromatic carbocycles. The fourth-order valence-corrected chi connectivity index (χ4v) is 2.96. The number of nitrogens with zero attached hydrogens (tertiary/aromatic N) is 1. The Balaban J connectivity index is 1.97. The predicted octanol–water partition coefficient (Wildman–Crippen LogP) is 1.63. The molecule has 1 saturated heterocycles. The number of morpholine rings is 1. The lowest BCUT2D eigenvalue weighted by atomic mass is 9.89. The van der Waals surface area contributed by atoms with Crippen molar-refractivity contribution >= 4 is 0 Å². The standard InChI is InChI=1S/C13H26N2O/c1-13(2,14-3)10-15-8-9-16-12-7-5-4-6-11(12)15/h11-12,14H,4-10H2,1-3H3. The largest absolute Gasteiger partial charge is 0.375 e. The van der Waals surface area contributed by atoms with E-state index in [0.29, 0.717) is 12.1 Å². The second kappa shape index (κ2) is 5.03. The fourth-order valence-electron chi connectivity index (χ4n) is 2.96. The number of nitrogens with one attached hydrogen (secondary N) is 1. The third-order valence-electron chi connectivity index (χ3n) is 4.12. The highest BCUT2D eigenvalue weighted by atomic mass is 16.5. The minimum absolute atomic E-state index is 0.208. The van der Waals surface area contributed by atoms with Gasteiger partial charge in [-0.25, -0.2) is 0 Å². The maximum atomic E-state index is 5.90. The van der Waals surface area contributed by atoms with Gasteiger partial charge >= 0.3 is 0 Å². The average Bonchev–Trinajstić information content (AvgIpc) is 2.29. The van der Waals surface area contributed by atoms with Crippen molar-refractivity contribution < 1.29 is 4.74 Å². The zero-order valence-corrected chi connectivity index (χ0v) is 11.0. The monoisotopic (exact) mass is 226 g/mol. The smallest absolute Gasteiger partial charge is 0.0730 e. The molecule has 2 unspecified atom stereocenters. The third kappa shape index (κ3) is 2.76. The first kappa shape index (κ1) is 12.3. The van der Waals surface area contributed by atoms with Crippen molar-refractivity contribution in [1.82, 2.24) is 10.2 Å². The van der Waals surface area contributed by atoms with Crippen LogP contribution in [0.15, 0.2) is 0 Å². The molecule has 0 aromatic rings. The SMILES string of the molecule is CNC(C)(C)CN1CCOC2CCCCC21. The van der Waals surface area contributed by atoms with E-state index in [1.165, 1.54) is 25.7 Å². The molecule has 0 radical (unpaired) electrons. The first-order valence-corrected chi connectivity index (χ1v) is 6.67. The number of hydrogen-bond donors (Lipinski definition) is 1. The van der Waals surface area contributed by atoms with Gasteiger partial charge in [-0.3, -0.25) is 4.90 Å². The van der Waals surface area contributed by atoms with Gasteiger partial charge in [0.15, 0.2) is 0 Å². The van der Waals surface area contributed by atoms with Crippen LogP contribution in [0, 0.1) is 0 Å². The lowest BCUT2D eigenvalue weighted by molar-refractivity contribution is -0.0932. The lowest BCUT2D eigenvalue weighted by Gasteiger charge is -2.46. The Morgan fingerprint density at radius 2 is 2.06 bits per heavy atom. The van der Waals surface area contributed by atoms with Crippen molar-refractivity contribution in [2.75, 3.05) is 26.7 Å². The van der Waals surface area contributed by atoms with Gasteiger partial charge < -0.3 is 10.1 Å².